The van der Waals surface area contributed by atoms with E-state index >= 15 is 0 Å². The number of ether oxygens (including phenoxy) is 1. The van der Waals surface area contributed by atoms with Gasteiger partial charge in [-0.15, -0.1) is 0 Å². The number of amides is 1. The number of aromatic hydroxyl groups is 2. The summed E-state index contributed by atoms with van der Waals surface area (Å²) >= 11 is 5.86. The SMILES string of the molecule is CS(=O)(=O)c1ccc(CNC(=O)Oc2cn[nH]c2-c2cc(Cl)c(O)cc2O)cc1. The highest BCUT2D eigenvalue weighted by atomic mass is 35.5. The van der Waals surface area contributed by atoms with Crippen molar-refractivity contribution in [1.82, 2.24) is 15.5 Å². The van der Waals surface area contributed by atoms with Crippen molar-refractivity contribution < 1.29 is 28.2 Å². The normalized spacial score (nSPS) is 11.2. The summed E-state index contributed by atoms with van der Waals surface area (Å²) in [5, 5.41) is 28.5. The van der Waals surface area contributed by atoms with E-state index in [1.54, 1.807) is 12.1 Å². The number of H-pyrrole nitrogens is 1. The van der Waals surface area contributed by atoms with Gasteiger partial charge in [0.1, 0.15) is 17.2 Å². The van der Waals surface area contributed by atoms with Crippen LogP contribution >= 0.6 is 11.6 Å². The van der Waals surface area contributed by atoms with Gasteiger partial charge in [0.25, 0.3) is 0 Å². The lowest BCUT2D eigenvalue weighted by molar-refractivity contribution is 0.200. The fourth-order valence-corrected chi connectivity index (χ4v) is 3.26. The predicted molar refractivity (Wildman–Crippen MR) is 105 cm³/mol. The maximum absolute atomic E-state index is 12.1. The fourth-order valence-electron chi connectivity index (χ4n) is 2.46. The Morgan fingerprint density at radius 1 is 1.21 bits per heavy atom. The Morgan fingerprint density at radius 2 is 1.90 bits per heavy atom. The average Bonchev–Trinajstić information content (AvgIpc) is 3.10. The zero-order valence-electron chi connectivity index (χ0n) is 15.0. The molecule has 3 aromatic rings. The lowest BCUT2D eigenvalue weighted by Crippen LogP contribution is -2.26. The van der Waals surface area contributed by atoms with Crippen molar-refractivity contribution in [1.29, 1.82) is 0 Å². The first-order chi connectivity index (χ1) is 13.6. The number of hydrogen-bond donors (Lipinski definition) is 4. The van der Waals surface area contributed by atoms with Crippen LogP contribution in [0.5, 0.6) is 17.2 Å². The average molecular weight is 438 g/mol. The molecular weight excluding hydrogens is 422 g/mol. The van der Waals surface area contributed by atoms with E-state index < -0.39 is 15.9 Å². The number of aromatic amines is 1. The Hall–Kier alpha value is -3.24. The number of nitrogens with one attached hydrogen (secondary N) is 2. The quantitative estimate of drug-likeness (QED) is 0.480. The number of carbonyl (C=O) groups excluding carboxylic acids is 1. The van der Waals surface area contributed by atoms with Gasteiger partial charge in [-0.1, -0.05) is 23.7 Å². The monoisotopic (exact) mass is 437 g/mol. The van der Waals surface area contributed by atoms with Gasteiger partial charge in [0.15, 0.2) is 15.6 Å². The van der Waals surface area contributed by atoms with Crippen LogP contribution in [0.2, 0.25) is 5.02 Å². The molecule has 9 nitrogen and oxygen atoms in total. The summed E-state index contributed by atoms with van der Waals surface area (Å²) in [7, 11) is -3.29. The maximum Gasteiger partial charge on any atom is 0.413 e. The largest absolute Gasteiger partial charge is 0.507 e. The smallest absolute Gasteiger partial charge is 0.413 e. The molecule has 1 heterocycles. The molecule has 0 atom stereocenters. The molecular formula is C18H16ClN3O6S. The van der Waals surface area contributed by atoms with Gasteiger partial charge in [0.2, 0.25) is 0 Å². The fraction of sp³-hybridized carbons (Fsp3) is 0.111. The Labute approximate surface area is 170 Å². The summed E-state index contributed by atoms with van der Waals surface area (Å²) in [5.74, 6) is -0.547. The lowest BCUT2D eigenvalue weighted by Gasteiger charge is -2.09. The maximum atomic E-state index is 12.1. The molecule has 1 amide bonds. The third kappa shape index (κ3) is 4.79. The van der Waals surface area contributed by atoms with Gasteiger partial charge < -0.3 is 20.3 Å². The molecule has 29 heavy (non-hydrogen) atoms. The minimum atomic E-state index is -3.29. The van der Waals surface area contributed by atoms with E-state index in [4.69, 9.17) is 16.3 Å². The van der Waals surface area contributed by atoms with E-state index in [0.717, 1.165) is 12.3 Å². The second-order valence-electron chi connectivity index (χ2n) is 6.09. The Morgan fingerprint density at radius 3 is 2.55 bits per heavy atom. The van der Waals surface area contributed by atoms with Crippen molar-refractivity contribution in [2.45, 2.75) is 11.4 Å². The number of hydrogen-bond acceptors (Lipinski definition) is 7. The number of phenols is 2. The van der Waals surface area contributed by atoms with Gasteiger partial charge in [-0.2, -0.15) is 5.10 Å². The summed E-state index contributed by atoms with van der Waals surface area (Å²) in [4.78, 5) is 12.3. The molecule has 0 unspecified atom stereocenters. The van der Waals surface area contributed by atoms with Crippen LogP contribution in [0.15, 0.2) is 47.5 Å². The summed E-state index contributed by atoms with van der Waals surface area (Å²) in [6.45, 7) is 0.104. The number of benzene rings is 2. The molecule has 0 radical (unpaired) electrons. The minimum Gasteiger partial charge on any atom is -0.507 e. The van der Waals surface area contributed by atoms with Crippen LogP contribution in [-0.4, -0.2) is 41.2 Å². The number of carbonyl (C=O) groups is 1. The molecule has 1 aromatic heterocycles. The highest BCUT2D eigenvalue weighted by Crippen LogP contribution is 2.39. The first kappa shape index (κ1) is 20.5. The molecule has 4 N–H and O–H groups in total. The van der Waals surface area contributed by atoms with Crippen LogP contribution in [0, 0.1) is 0 Å². The molecule has 2 aromatic carbocycles. The highest BCUT2D eigenvalue weighted by Gasteiger charge is 2.18. The summed E-state index contributed by atoms with van der Waals surface area (Å²) in [5.41, 5.74) is 1.05. The second-order valence-corrected chi connectivity index (χ2v) is 8.51. The van der Waals surface area contributed by atoms with Crippen molar-refractivity contribution in [3.05, 3.63) is 53.2 Å². The summed E-state index contributed by atoms with van der Waals surface area (Å²) in [6.07, 6.45) is 1.57. The lowest BCUT2D eigenvalue weighted by atomic mass is 10.1. The third-order valence-electron chi connectivity index (χ3n) is 3.93. The molecule has 0 bridgehead atoms. The molecule has 0 aliphatic heterocycles. The van der Waals surface area contributed by atoms with E-state index in [1.165, 1.54) is 24.4 Å². The molecule has 0 spiro atoms. The summed E-state index contributed by atoms with van der Waals surface area (Å²) < 4.78 is 28.1. The molecule has 0 saturated carbocycles. The van der Waals surface area contributed by atoms with Crippen LogP contribution in [0.3, 0.4) is 0 Å². The topological polar surface area (TPSA) is 142 Å². The van der Waals surface area contributed by atoms with Gasteiger partial charge in [-0.25, -0.2) is 13.2 Å². The van der Waals surface area contributed by atoms with Crippen LogP contribution in [0.1, 0.15) is 5.56 Å². The molecule has 11 heteroatoms. The van der Waals surface area contributed by atoms with Gasteiger partial charge in [0.05, 0.1) is 16.1 Å². The number of phenolic OH excluding ortho intramolecular Hbond substituents is 2. The van der Waals surface area contributed by atoms with Crippen LogP contribution < -0.4 is 10.1 Å². The van der Waals surface area contributed by atoms with Crippen molar-refractivity contribution in [3.8, 4) is 28.5 Å². The third-order valence-corrected chi connectivity index (χ3v) is 5.36. The molecule has 3 rings (SSSR count). The molecule has 0 aliphatic rings. The summed E-state index contributed by atoms with van der Waals surface area (Å²) in [6, 6.07) is 8.41. The number of aromatic nitrogens is 2. The van der Waals surface area contributed by atoms with E-state index in [-0.39, 0.29) is 45.0 Å². The predicted octanol–water partition coefficient (Wildman–Crippen LogP) is 2.83. The van der Waals surface area contributed by atoms with Crippen molar-refractivity contribution in [2.75, 3.05) is 6.26 Å². The molecule has 0 aliphatic carbocycles. The highest BCUT2D eigenvalue weighted by molar-refractivity contribution is 7.90. The van der Waals surface area contributed by atoms with E-state index in [1.807, 2.05) is 0 Å². The van der Waals surface area contributed by atoms with Crippen molar-refractivity contribution in [2.24, 2.45) is 0 Å². The zero-order valence-corrected chi connectivity index (χ0v) is 16.6. The molecule has 0 fully saturated rings. The van der Waals surface area contributed by atoms with Crippen LogP contribution in [0.25, 0.3) is 11.3 Å². The van der Waals surface area contributed by atoms with Gasteiger partial charge in [-0.05, 0) is 23.8 Å². The van der Waals surface area contributed by atoms with Gasteiger partial charge in [-0.3, -0.25) is 5.10 Å². The number of rotatable bonds is 5. The second kappa shape index (κ2) is 8.02. The number of sulfone groups is 1. The Balaban J connectivity index is 1.68. The molecule has 0 saturated heterocycles. The molecule has 152 valence electrons. The van der Waals surface area contributed by atoms with E-state index in [9.17, 15) is 23.4 Å². The van der Waals surface area contributed by atoms with Crippen LogP contribution in [0.4, 0.5) is 4.79 Å². The van der Waals surface area contributed by atoms with Crippen molar-refractivity contribution in [3.63, 3.8) is 0 Å². The standard InChI is InChI=1S/C18H16ClN3O6S/c1-29(26,27)11-4-2-10(3-5-11)8-20-18(25)28-16-9-21-22-17(16)12-6-13(19)15(24)7-14(12)23/h2-7,9,23-24H,8H2,1H3,(H,20,25)(H,21,22). The number of nitrogens with zero attached hydrogens (tertiary/aromatic N) is 1. The number of halogens is 1. The minimum absolute atomic E-state index is 0.000317. The first-order valence-corrected chi connectivity index (χ1v) is 10.4. The van der Waals surface area contributed by atoms with Gasteiger partial charge in [0, 0.05) is 24.4 Å². The zero-order chi connectivity index (χ0) is 21.2. The van der Waals surface area contributed by atoms with E-state index in [2.05, 4.69) is 15.5 Å². The van der Waals surface area contributed by atoms with Gasteiger partial charge >= 0.3 is 6.09 Å². The first-order valence-electron chi connectivity index (χ1n) is 8.15. The van der Waals surface area contributed by atoms with Crippen LogP contribution in [-0.2, 0) is 16.4 Å². The Kier molecular flexibility index (Phi) is 5.66. The van der Waals surface area contributed by atoms with Crippen molar-refractivity contribution >= 4 is 27.5 Å². The Bertz CT molecular complexity index is 1160. The van der Waals surface area contributed by atoms with E-state index in [0.29, 0.717) is 5.56 Å².